The highest BCUT2D eigenvalue weighted by atomic mass is 16.5. The van der Waals surface area contributed by atoms with Crippen LogP contribution < -0.4 is 10.6 Å². The van der Waals surface area contributed by atoms with Gasteiger partial charge in [0.05, 0.1) is 13.0 Å². The second kappa shape index (κ2) is 9.94. The number of ether oxygens (including phenoxy) is 1. The Labute approximate surface area is 186 Å². The van der Waals surface area contributed by atoms with Crippen molar-refractivity contribution in [3.63, 3.8) is 0 Å². The fourth-order valence-corrected chi connectivity index (χ4v) is 3.46. The third-order valence-corrected chi connectivity index (χ3v) is 5.12. The summed E-state index contributed by atoms with van der Waals surface area (Å²) < 4.78 is 10.8. The van der Waals surface area contributed by atoms with Gasteiger partial charge < -0.3 is 19.8 Å². The summed E-state index contributed by atoms with van der Waals surface area (Å²) in [6, 6.07) is 24.3. The van der Waals surface area contributed by atoms with Gasteiger partial charge in [0.25, 0.3) is 5.91 Å². The van der Waals surface area contributed by atoms with E-state index in [1.54, 1.807) is 25.3 Å². The van der Waals surface area contributed by atoms with Crippen molar-refractivity contribution in [2.24, 2.45) is 0 Å². The lowest BCUT2D eigenvalue weighted by Gasteiger charge is -2.10. The van der Waals surface area contributed by atoms with Gasteiger partial charge in [0.15, 0.2) is 5.76 Å². The van der Waals surface area contributed by atoms with Gasteiger partial charge in [-0.25, -0.2) is 0 Å². The number of fused-ring (bicyclic) bond motifs is 1. The van der Waals surface area contributed by atoms with Crippen LogP contribution in [0.2, 0.25) is 0 Å². The highest BCUT2D eigenvalue weighted by Crippen LogP contribution is 2.20. The molecule has 3 aromatic carbocycles. The molecule has 0 spiro atoms. The molecule has 4 aromatic rings. The average Bonchev–Trinajstić information content (AvgIpc) is 3.25. The average molecular weight is 428 g/mol. The number of hydrogen-bond acceptors (Lipinski definition) is 4. The van der Waals surface area contributed by atoms with Gasteiger partial charge in [-0.15, -0.1) is 0 Å². The van der Waals surface area contributed by atoms with Crippen molar-refractivity contribution in [1.82, 2.24) is 5.32 Å². The van der Waals surface area contributed by atoms with E-state index in [1.165, 1.54) is 0 Å². The molecule has 0 atom stereocenters. The molecule has 2 amide bonds. The summed E-state index contributed by atoms with van der Waals surface area (Å²) in [5.74, 6) is -0.138. The summed E-state index contributed by atoms with van der Waals surface area (Å²) in [5, 5.41) is 6.65. The summed E-state index contributed by atoms with van der Waals surface area (Å²) in [6.45, 7) is 0.956. The minimum absolute atomic E-state index is 0.0729. The smallest absolute Gasteiger partial charge is 0.291 e. The first-order valence-electron chi connectivity index (χ1n) is 10.3. The fourth-order valence-electron chi connectivity index (χ4n) is 3.46. The van der Waals surface area contributed by atoms with Crippen LogP contribution in [0.5, 0.6) is 0 Å². The van der Waals surface area contributed by atoms with Crippen LogP contribution in [0.4, 0.5) is 5.69 Å². The van der Waals surface area contributed by atoms with E-state index < -0.39 is 0 Å². The molecule has 6 heteroatoms. The predicted molar refractivity (Wildman–Crippen MR) is 123 cm³/mol. The molecule has 0 aliphatic heterocycles. The van der Waals surface area contributed by atoms with E-state index in [0.29, 0.717) is 24.4 Å². The second-order valence-corrected chi connectivity index (χ2v) is 7.45. The number of carbonyl (C=O) groups is 2. The van der Waals surface area contributed by atoms with Crippen molar-refractivity contribution in [3.05, 3.63) is 101 Å². The van der Waals surface area contributed by atoms with Gasteiger partial charge in [-0.2, -0.15) is 0 Å². The van der Waals surface area contributed by atoms with Crippen LogP contribution in [0.3, 0.4) is 0 Å². The van der Waals surface area contributed by atoms with Gasteiger partial charge in [0.2, 0.25) is 5.91 Å². The molecule has 0 saturated heterocycles. The zero-order valence-corrected chi connectivity index (χ0v) is 17.8. The number of para-hydroxylation sites is 1. The van der Waals surface area contributed by atoms with Gasteiger partial charge in [0, 0.05) is 24.7 Å². The van der Waals surface area contributed by atoms with Crippen LogP contribution >= 0.6 is 0 Å². The Hall–Kier alpha value is -3.90. The minimum Gasteiger partial charge on any atom is -0.451 e. The number of furan rings is 1. The van der Waals surface area contributed by atoms with Crippen LogP contribution in [0.15, 0.2) is 83.3 Å². The van der Waals surface area contributed by atoms with E-state index in [9.17, 15) is 9.59 Å². The molecule has 32 heavy (non-hydrogen) atoms. The van der Waals surface area contributed by atoms with Crippen LogP contribution in [0, 0.1) is 0 Å². The van der Waals surface area contributed by atoms with E-state index in [1.807, 2.05) is 60.7 Å². The zero-order valence-electron chi connectivity index (χ0n) is 17.8. The number of hydrogen-bond donors (Lipinski definition) is 2. The van der Waals surface area contributed by atoms with Gasteiger partial charge in [-0.1, -0.05) is 54.6 Å². The number of methoxy groups -OCH3 is 1. The van der Waals surface area contributed by atoms with Gasteiger partial charge in [0.1, 0.15) is 5.58 Å². The Morgan fingerprint density at radius 3 is 2.38 bits per heavy atom. The van der Waals surface area contributed by atoms with Gasteiger partial charge >= 0.3 is 0 Å². The lowest BCUT2D eigenvalue weighted by atomic mass is 10.1. The van der Waals surface area contributed by atoms with Gasteiger partial charge in [-0.05, 0) is 41.0 Å². The molecule has 0 aliphatic carbocycles. The fraction of sp³-hybridized carbons (Fsp3) is 0.154. The van der Waals surface area contributed by atoms with E-state index in [2.05, 4.69) is 10.6 Å². The van der Waals surface area contributed by atoms with Crippen LogP contribution in [-0.4, -0.2) is 18.9 Å². The molecule has 1 heterocycles. The molecular weight excluding hydrogens is 404 g/mol. The maximum absolute atomic E-state index is 12.5. The quantitative estimate of drug-likeness (QED) is 0.427. The lowest BCUT2D eigenvalue weighted by molar-refractivity contribution is -0.120. The van der Waals surface area contributed by atoms with Crippen molar-refractivity contribution < 1.29 is 18.7 Å². The summed E-state index contributed by atoms with van der Waals surface area (Å²) in [7, 11) is 1.65. The summed E-state index contributed by atoms with van der Waals surface area (Å²) >= 11 is 0. The number of carbonyl (C=O) groups excluding carboxylic acids is 2. The third-order valence-electron chi connectivity index (χ3n) is 5.12. The molecule has 0 unspecified atom stereocenters. The molecule has 1 aromatic heterocycles. The van der Waals surface area contributed by atoms with E-state index >= 15 is 0 Å². The largest absolute Gasteiger partial charge is 0.451 e. The van der Waals surface area contributed by atoms with Crippen LogP contribution in [0.1, 0.15) is 27.2 Å². The normalized spacial score (nSPS) is 10.8. The first-order chi connectivity index (χ1) is 15.6. The molecular formula is C26H24N2O4. The highest BCUT2D eigenvalue weighted by molar-refractivity contribution is 6.04. The van der Waals surface area contributed by atoms with E-state index in [4.69, 9.17) is 9.15 Å². The van der Waals surface area contributed by atoms with Crippen LogP contribution in [0.25, 0.3) is 11.0 Å². The number of rotatable bonds is 8. The first kappa shape index (κ1) is 21.3. The van der Waals surface area contributed by atoms with Crippen molar-refractivity contribution in [2.45, 2.75) is 19.6 Å². The van der Waals surface area contributed by atoms with Crippen LogP contribution in [-0.2, 0) is 29.1 Å². The standard InChI is InChI=1S/C26H24N2O4/c1-31-17-21-8-3-2-7-20(21)16-27-25(29)14-18-10-12-22(13-11-18)28-26(30)24-15-19-6-4-5-9-23(19)32-24/h2-13,15H,14,16-17H2,1H3,(H,27,29)(H,28,30). The molecule has 0 saturated carbocycles. The number of anilines is 1. The van der Waals surface area contributed by atoms with Crippen molar-refractivity contribution in [2.75, 3.05) is 12.4 Å². The topological polar surface area (TPSA) is 80.6 Å². The highest BCUT2D eigenvalue weighted by Gasteiger charge is 2.12. The summed E-state index contributed by atoms with van der Waals surface area (Å²) in [5.41, 5.74) is 4.25. The number of amides is 2. The van der Waals surface area contributed by atoms with Crippen molar-refractivity contribution in [1.29, 1.82) is 0 Å². The zero-order chi connectivity index (χ0) is 22.3. The monoisotopic (exact) mass is 428 g/mol. The lowest BCUT2D eigenvalue weighted by Crippen LogP contribution is -2.25. The Bertz CT molecular complexity index is 1200. The maximum Gasteiger partial charge on any atom is 0.291 e. The minimum atomic E-state index is -0.318. The molecule has 0 aliphatic rings. The first-order valence-corrected chi connectivity index (χ1v) is 10.3. The van der Waals surface area contributed by atoms with Crippen molar-refractivity contribution >= 4 is 28.5 Å². The Kier molecular flexibility index (Phi) is 6.63. The molecule has 0 fully saturated rings. The second-order valence-electron chi connectivity index (χ2n) is 7.45. The SMILES string of the molecule is COCc1ccccc1CNC(=O)Cc1ccc(NC(=O)c2cc3ccccc3o2)cc1. The Morgan fingerprint density at radius 1 is 0.906 bits per heavy atom. The van der Waals surface area contributed by atoms with E-state index in [0.717, 1.165) is 22.1 Å². The Balaban J connectivity index is 1.31. The molecule has 0 bridgehead atoms. The molecule has 4 rings (SSSR count). The Morgan fingerprint density at radius 2 is 1.62 bits per heavy atom. The molecule has 6 nitrogen and oxygen atoms in total. The summed E-state index contributed by atoms with van der Waals surface area (Å²) in [6.07, 6.45) is 0.254. The molecule has 0 radical (unpaired) electrons. The van der Waals surface area contributed by atoms with Crippen molar-refractivity contribution in [3.8, 4) is 0 Å². The molecule has 162 valence electrons. The number of nitrogens with one attached hydrogen (secondary N) is 2. The van der Waals surface area contributed by atoms with Gasteiger partial charge in [-0.3, -0.25) is 9.59 Å². The predicted octanol–water partition coefficient (Wildman–Crippen LogP) is 4.69. The summed E-state index contributed by atoms with van der Waals surface area (Å²) in [4.78, 5) is 24.8. The third kappa shape index (κ3) is 5.22. The van der Waals surface area contributed by atoms with E-state index in [-0.39, 0.29) is 24.0 Å². The maximum atomic E-state index is 12.5. The molecule has 2 N–H and O–H groups in total. The number of benzene rings is 3.